The van der Waals surface area contributed by atoms with E-state index in [0.717, 1.165) is 30.8 Å². The van der Waals surface area contributed by atoms with Gasteiger partial charge >= 0.3 is 0 Å². The summed E-state index contributed by atoms with van der Waals surface area (Å²) in [6, 6.07) is 4.13. The number of fused-ring (bicyclic) bond motifs is 4. The molecule has 0 radical (unpaired) electrons. The number of ketones is 1. The third kappa shape index (κ3) is 1.31. The Hall–Kier alpha value is -1.51. The molecule has 100 valence electrons. The molecule has 0 saturated heterocycles. The molecule has 1 fully saturated rings. The van der Waals surface area contributed by atoms with Gasteiger partial charge in [-0.05, 0) is 55.4 Å². The molecule has 19 heavy (non-hydrogen) atoms. The molecule has 0 unspecified atom stereocenters. The van der Waals surface area contributed by atoms with Crippen LogP contribution in [0.2, 0.25) is 0 Å². The van der Waals surface area contributed by atoms with Crippen molar-refractivity contribution >= 4 is 5.78 Å². The van der Waals surface area contributed by atoms with Gasteiger partial charge < -0.3 is 9.47 Å². The third-order valence-electron chi connectivity index (χ3n) is 5.33. The summed E-state index contributed by atoms with van der Waals surface area (Å²) < 4.78 is 10.9. The van der Waals surface area contributed by atoms with Crippen molar-refractivity contribution in [2.75, 3.05) is 6.79 Å². The van der Waals surface area contributed by atoms with E-state index >= 15 is 0 Å². The summed E-state index contributed by atoms with van der Waals surface area (Å²) in [4.78, 5) is 12.7. The van der Waals surface area contributed by atoms with Crippen molar-refractivity contribution in [3.05, 3.63) is 23.3 Å². The van der Waals surface area contributed by atoms with Gasteiger partial charge in [0.2, 0.25) is 6.79 Å². The lowest BCUT2D eigenvalue weighted by atomic mass is 9.65. The average Bonchev–Trinajstić information content (AvgIpc) is 2.94. The zero-order chi connectivity index (χ0) is 13.2. The highest BCUT2D eigenvalue weighted by Gasteiger charge is 2.53. The minimum Gasteiger partial charge on any atom is -0.454 e. The molecule has 2 aliphatic carbocycles. The van der Waals surface area contributed by atoms with Crippen LogP contribution in [0.4, 0.5) is 0 Å². The first-order valence-corrected chi connectivity index (χ1v) is 7.08. The number of Topliss-reactive ketones (excluding diaryl/α,β-unsaturated/α-hetero) is 1. The van der Waals surface area contributed by atoms with Crippen LogP contribution in [0.1, 0.15) is 37.8 Å². The zero-order valence-electron chi connectivity index (χ0n) is 11.4. The van der Waals surface area contributed by atoms with Gasteiger partial charge in [-0.3, -0.25) is 4.79 Å². The lowest BCUT2D eigenvalue weighted by Gasteiger charge is -2.37. The maximum atomic E-state index is 12.7. The fourth-order valence-electron chi connectivity index (χ4n) is 4.25. The number of hydrogen-bond donors (Lipinski definition) is 0. The minimum absolute atomic E-state index is 0.186. The van der Waals surface area contributed by atoms with Crippen molar-refractivity contribution in [1.29, 1.82) is 0 Å². The van der Waals surface area contributed by atoms with E-state index in [0.29, 0.717) is 18.5 Å². The largest absolute Gasteiger partial charge is 0.454 e. The summed E-state index contributed by atoms with van der Waals surface area (Å²) in [7, 11) is 0. The van der Waals surface area contributed by atoms with Gasteiger partial charge in [0.25, 0.3) is 0 Å². The maximum absolute atomic E-state index is 12.7. The van der Waals surface area contributed by atoms with Crippen molar-refractivity contribution in [2.45, 2.75) is 38.5 Å². The molecular weight excluding hydrogens is 240 g/mol. The Labute approximate surface area is 112 Å². The van der Waals surface area contributed by atoms with E-state index in [2.05, 4.69) is 26.0 Å². The van der Waals surface area contributed by atoms with Crippen LogP contribution in [-0.4, -0.2) is 12.6 Å². The van der Waals surface area contributed by atoms with Crippen LogP contribution in [0.5, 0.6) is 11.5 Å². The van der Waals surface area contributed by atoms with Crippen LogP contribution < -0.4 is 9.47 Å². The Morgan fingerprint density at radius 1 is 1.26 bits per heavy atom. The van der Waals surface area contributed by atoms with Crippen LogP contribution in [0.3, 0.4) is 0 Å². The van der Waals surface area contributed by atoms with Gasteiger partial charge in [0.05, 0.1) is 5.41 Å². The maximum Gasteiger partial charge on any atom is 0.231 e. The molecule has 3 atom stereocenters. The van der Waals surface area contributed by atoms with Crippen molar-refractivity contribution in [3.8, 4) is 11.5 Å². The molecule has 3 heteroatoms. The summed E-state index contributed by atoms with van der Waals surface area (Å²) >= 11 is 0. The summed E-state index contributed by atoms with van der Waals surface area (Å²) in [5.74, 6) is 2.71. The number of carbonyl (C=O) groups excluding carboxylic acids is 1. The number of hydrogen-bond acceptors (Lipinski definition) is 3. The van der Waals surface area contributed by atoms with Gasteiger partial charge in [0, 0.05) is 5.92 Å². The Bertz CT molecular complexity index is 578. The Balaban J connectivity index is 1.92. The normalized spacial score (nSPS) is 35.2. The summed E-state index contributed by atoms with van der Waals surface area (Å²) in [6.07, 6.45) is 3.19. The van der Waals surface area contributed by atoms with Crippen LogP contribution in [-0.2, 0) is 16.6 Å². The highest BCUT2D eigenvalue weighted by atomic mass is 16.7. The molecule has 3 aliphatic rings. The number of rotatable bonds is 0. The molecule has 0 spiro atoms. The Morgan fingerprint density at radius 3 is 2.79 bits per heavy atom. The van der Waals surface area contributed by atoms with Crippen LogP contribution in [0.25, 0.3) is 0 Å². The predicted octanol–water partition coefficient (Wildman–Crippen LogP) is 2.84. The highest BCUT2D eigenvalue weighted by molar-refractivity contribution is 5.95. The van der Waals surface area contributed by atoms with Crippen LogP contribution in [0.15, 0.2) is 12.1 Å². The van der Waals surface area contributed by atoms with Gasteiger partial charge in [-0.25, -0.2) is 0 Å². The topological polar surface area (TPSA) is 35.5 Å². The lowest BCUT2D eigenvalue weighted by molar-refractivity contribution is -0.125. The lowest BCUT2D eigenvalue weighted by Crippen LogP contribution is -2.38. The molecule has 1 aromatic carbocycles. The molecule has 0 N–H and O–H groups in total. The molecule has 0 aromatic heterocycles. The molecule has 4 rings (SSSR count). The van der Waals surface area contributed by atoms with E-state index in [1.165, 1.54) is 11.1 Å². The van der Waals surface area contributed by atoms with E-state index in [1.807, 2.05) is 0 Å². The third-order valence-corrected chi connectivity index (χ3v) is 5.33. The predicted molar refractivity (Wildman–Crippen MR) is 70.5 cm³/mol. The van der Waals surface area contributed by atoms with Gasteiger partial charge in [-0.2, -0.15) is 0 Å². The van der Waals surface area contributed by atoms with Gasteiger partial charge in [0.15, 0.2) is 11.5 Å². The van der Waals surface area contributed by atoms with Crippen molar-refractivity contribution < 1.29 is 14.3 Å². The summed E-state index contributed by atoms with van der Waals surface area (Å²) in [6.45, 7) is 4.49. The minimum atomic E-state index is -0.312. The smallest absolute Gasteiger partial charge is 0.231 e. The van der Waals surface area contributed by atoms with E-state index in [-0.39, 0.29) is 11.3 Å². The Kier molecular flexibility index (Phi) is 2.10. The molecule has 1 saturated carbocycles. The number of aryl methyl sites for hydroxylation is 1. The quantitative estimate of drug-likeness (QED) is 0.718. The molecule has 0 amide bonds. The second-order valence-electron chi connectivity index (χ2n) is 6.30. The van der Waals surface area contributed by atoms with Crippen molar-refractivity contribution in [1.82, 2.24) is 0 Å². The first-order valence-electron chi connectivity index (χ1n) is 7.08. The molecular formula is C16H18O3. The first-order chi connectivity index (χ1) is 9.10. The summed E-state index contributed by atoms with van der Waals surface area (Å²) in [5.41, 5.74) is 2.14. The second-order valence-corrected chi connectivity index (χ2v) is 6.30. The monoisotopic (exact) mass is 258 g/mol. The fourth-order valence-corrected chi connectivity index (χ4v) is 4.25. The molecule has 1 aliphatic heterocycles. The van der Waals surface area contributed by atoms with Gasteiger partial charge in [0.1, 0.15) is 5.78 Å². The SMILES string of the molecule is C[C@H]1C[C@H]2CCc3cc4c(cc3[C@@]2(C)C1=O)OCO4. The Morgan fingerprint density at radius 2 is 2.00 bits per heavy atom. The van der Waals surface area contributed by atoms with E-state index in [9.17, 15) is 4.79 Å². The number of benzene rings is 1. The first kappa shape index (κ1) is 11.3. The molecule has 1 aromatic rings. The molecule has 1 heterocycles. The van der Waals surface area contributed by atoms with Gasteiger partial charge in [-0.15, -0.1) is 0 Å². The standard InChI is InChI=1S/C16H18O3/c1-9-5-11-4-3-10-6-13-14(19-8-18-13)7-12(10)16(11,2)15(9)17/h6-7,9,11H,3-5,8H2,1-2H3/t9-,11+,16-/m0/s1. The van der Waals surface area contributed by atoms with E-state index in [1.54, 1.807) is 0 Å². The zero-order valence-corrected chi connectivity index (χ0v) is 11.4. The number of carbonyl (C=O) groups is 1. The van der Waals surface area contributed by atoms with Crippen LogP contribution in [0, 0.1) is 11.8 Å². The van der Waals surface area contributed by atoms with Gasteiger partial charge in [-0.1, -0.05) is 6.92 Å². The van der Waals surface area contributed by atoms with E-state index in [4.69, 9.17) is 9.47 Å². The summed E-state index contributed by atoms with van der Waals surface area (Å²) in [5, 5.41) is 0. The average molecular weight is 258 g/mol. The second kappa shape index (κ2) is 3.53. The highest BCUT2D eigenvalue weighted by Crippen LogP contribution is 2.53. The van der Waals surface area contributed by atoms with Crippen molar-refractivity contribution in [2.24, 2.45) is 11.8 Å². The molecule has 0 bridgehead atoms. The molecule has 3 nitrogen and oxygen atoms in total. The van der Waals surface area contributed by atoms with Crippen molar-refractivity contribution in [3.63, 3.8) is 0 Å². The van der Waals surface area contributed by atoms with Crippen LogP contribution >= 0.6 is 0 Å². The number of ether oxygens (including phenoxy) is 2. The van der Waals surface area contributed by atoms with E-state index < -0.39 is 0 Å². The fraction of sp³-hybridized carbons (Fsp3) is 0.562.